The van der Waals surface area contributed by atoms with E-state index >= 15 is 0 Å². The number of phenols is 1. The summed E-state index contributed by atoms with van der Waals surface area (Å²) in [6.45, 7) is 2.37. The summed E-state index contributed by atoms with van der Waals surface area (Å²) in [5.74, 6) is 0.430. The van der Waals surface area contributed by atoms with Crippen molar-refractivity contribution in [1.82, 2.24) is 10.3 Å². The third-order valence-electron chi connectivity index (χ3n) is 5.46. The summed E-state index contributed by atoms with van der Waals surface area (Å²) < 4.78 is 0. The molecular weight excluding hydrogens is 338 g/mol. The maximum atomic E-state index is 12.2. The van der Waals surface area contributed by atoms with Crippen LogP contribution in [0.5, 0.6) is 5.75 Å². The molecule has 1 amide bonds. The van der Waals surface area contributed by atoms with Gasteiger partial charge in [-0.05, 0) is 37.0 Å². The largest absolute Gasteiger partial charge is 0.508 e. The van der Waals surface area contributed by atoms with Gasteiger partial charge in [0.25, 0.3) is 0 Å². The van der Waals surface area contributed by atoms with Gasteiger partial charge in [-0.25, -0.2) is 0 Å². The van der Waals surface area contributed by atoms with Crippen molar-refractivity contribution < 1.29 is 9.90 Å². The lowest BCUT2D eigenvalue weighted by atomic mass is 9.77. The van der Waals surface area contributed by atoms with Crippen molar-refractivity contribution in [3.05, 3.63) is 41.7 Å². The Balaban J connectivity index is 1.65. The van der Waals surface area contributed by atoms with E-state index in [4.69, 9.17) is 11.6 Å². The second kappa shape index (κ2) is 6.23. The van der Waals surface area contributed by atoms with Crippen LogP contribution in [0.2, 0.25) is 5.02 Å². The van der Waals surface area contributed by atoms with E-state index in [9.17, 15) is 9.90 Å². The minimum Gasteiger partial charge on any atom is -0.508 e. The molecule has 1 aromatic carbocycles. The number of anilines is 1. The molecule has 6 heteroatoms. The molecule has 25 heavy (non-hydrogen) atoms. The summed E-state index contributed by atoms with van der Waals surface area (Å²) in [5, 5.41) is 13.1. The van der Waals surface area contributed by atoms with E-state index in [0.29, 0.717) is 5.02 Å². The second-order valence-corrected chi connectivity index (χ2v) is 7.24. The monoisotopic (exact) mass is 357 g/mol. The molecule has 2 aliphatic heterocycles. The molecule has 2 aromatic rings. The standard InChI is InChI=1S/C19H20ClN3O2/c20-16-12-21-11-15(13-1-3-14(24)4-2-13)17(16)23-9-6-19(7-10-23)5-8-22-18(19)25/h1-4,11-12,24H,5-10H2,(H,22,25). The van der Waals surface area contributed by atoms with Crippen LogP contribution < -0.4 is 10.2 Å². The van der Waals surface area contributed by atoms with Crippen LogP contribution in [0, 0.1) is 5.41 Å². The smallest absolute Gasteiger partial charge is 0.226 e. The topological polar surface area (TPSA) is 65.5 Å². The Morgan fingerprint density at radius 3 is 2.48 bits per heavy atom. The molecule has 2 aliphatic rings. The molecule has 0 radical (unpaired) electrons. The summed E-state index contributed by atoms with van der Waals surface area (Å²) in [5.41, 5.74) is 2.66. The van der Waals surface area contributed by atoms with Crippen LogP contribution in [0.4, 0.5) is 5.69 Å². The number of phenolic OH excluding ortho intramolecular Hbond substituents is 1. The predicted molar refractivity (Wildman–Crippen MR) is 97.9 cm³/mol. The van der Waals surface area contributed by atoms with Gasteiger partial charge < -0.3 is 15.3 Å². The number of piperidine rings is 1. The Bertz CT molecular complexity index is 799. The van der Waals surface area contributed by atoms with Gasteiger partial charge in [0.1, 0.15) is 5.75 Å². The number of hydrogen-bond donors (Lipinski definition) is 2. The van der Waals surface area contributed by atoms with E-state index in [2.05, 4.69) is 15.2 Å². The van der Waals surface area contributed by atoms with Gasteiger partial charge in [0, 0.05) is 37.6 Å². The zero-order valence-corrected chi connectivity index (χ0v) is 14.6. The normalized spacial score (nSPS) is 19.2. The molecule has 0 atom stereocenters. The Morgan fingerprint density at radius 2 is 1.84 bits per heavy atom. The number of rotatable bonds is 2. The van der Waals surface area contributed by atoms with Crippen LogP contribution in [0.1, 0.15) is 19.3 Å². The van der Waals surface area contributed by atoms with Crippen LogP contribution in [-0.2, 0) is 4.79 Å². The van der Waals surface area contributed by atoms with Crippen LogP contribution in [0.25, 0.3) is 11.1 Å². The number of nitrogens with one attached hydrogen (secondary N) is 1. The fourth-order valence-electron chi connectivity index (χ4n) is 3.95. The Hall–Kier alpha value is -2.27. The Morgan fingerprint density at radius 1 is 1.12 bits per heavy atom. The number of benzene rings is 1. The molecule has 3 heterocycles. The first kappa shape index (κ1) is 16.2. The number of pyridine rings is 1. The lowest BCUT2D eigenvalue weighted by Gasteiger charge is -2.39. The van der Waals surface area contributed by atoms with Crippen molar-refractivity contribution >= 4 is 23.2 Å². The third kappa shape index (κ3) is 2.82. The number of carbonyl (C=O) groups excluding carboxylic acids is 1. The molecule has 1 aromatic heterocycles. The summed E-state index contributed by atoms with van der Waals surface area (Å²) in [4.78, 5) is 18.7. The van der Waals surface area contributed by atoms with E-state index < -0.39 is 0 Å². The average Bonchev–Trinajstić information content (AvgIpc) is 2.97. The molecular formula is C19H20ClN3O2. The van der Waals surface area contributed by atoms with Gasteiger partial charge in [-0.2, -0.15) is 0 Å². The first-order valence-electron chi connectivity index (χ1n) is 8.55. The summed E-state index contributed by atoms with van der Waals surface area (Å²) >= 11 is 6.49. The van der Waals surface area contributed by atoms with Crippen molar-refractivity contribution in [2.24, 2.45) is 5.41 Å². The lowest BCUT2D eigenvalue weighted by molar-refractivity contribution is -0.128. The number of hydrogen-bond acceptors (Lipinski definition) is 4. The van der Waals surface area contributed by atoms with E-state index in [-0.39, 0.29) is 17.1 Å². The first-order valence-corrected chi connectivity index (χ1v) is 8.93. The van der Waals surface area contributed by atoms with E-state index in [1.54, 1.807) is 24.5 Å². The molecule has 0 bridgehead atoms. The maximum absolute atomic E-state index is 12.2. The quantitative estimate of drug-likeness (QED) is 0.866. The van der Waals surface area contributed by atoms with Gasteiger partial charge in [0.2, 0.25) is 5.91 Å². The second-order valence-electron chi connectivity index (χ2n) is 6.84. The summed E-state index contributed by atoms with van der Waals surface area (Å²) in [6, 6.07) is 7.05. The number of halogens is 1. The summed E-state index contributed by atoms with van der Waals surface area (Å²) in [6.07, 6.45) is 6.07. The maximum Gasteiger partial charge on any atom is 0.226 e. The fourth-order valence-corrected chi connectivity index (χ4v) is 4.23. The molecule has 4 rings (SSSR count). The van der Waals surface area contributed by atoms with Gasteiger partial charge in [-0.1, -0.05) is 23.7 Å². The molecule has 130 valence electrons. The minimum absolute atomic E-state index is 0.200. The Kier molecular flexibility index (Phi) is 4.04. The fraction of sp³-hybridized carbons (Fsp3) is 0.368. The van der Waals surface area contributed by atoms with Gasteiger partial charge in [-0.15, -0.1) is 0 Å². The predicted octanol–water partition coefficient (Wildman–Crippen LogP) is 3.21. The molecule has 0 saturated carbocycles. The molecule has 1 spiro atoms. The molecule has 2 saturated heterocycles. The van der Waals surface area contributed by atoms with Crippen LogP contribution in [0.15, 0.2) is 36.7 Å². The van der Waals surface area contributed by atoms with E-state index in [1.165, 1.54) is 0 Å². The molecule has 0 aliphatic carbocycles. The number of aromatic nitrogens is 1. The van der Waals surface area contributed by atoms with E-state index in [0.717, 1.165) is 55.7 Å². The van der Waals surface area contributed by atoms with Gasteiger partial charge in [-0.3, -0.25) is 9.78 Å². The zero-order valence-electron chi connectivity index (χ0n) is 13.8. The average molecular weight is 358 g/mol. The van der Waals surface area contributed by atoms with Crippen molar-refractivity contribution in [1.29, 1.82) is 0 Å². The molecule has 5 nitrogen and oxygen atoms in total. The highest BCUT2D eigenvalue weighted by atomic mass is 35.5. The minimum atomic E-state index is -0.200. The SMILES string of the molecule is O=C1NCCC12CCN(c1c(Cl)cncc1-c1ccc(O)cc1)CC2. The first-order chi connectivity index (χ1) is 12.1. The van der Waals surface area contributed by atoms with Crippen molar-refractivity contribution in [3.63, 3.8) is 0 Å². The molecule has 0 unspecified atom stereocenters. The van der Waals surface area contributed by atoms with Crippen LogP contribution in [0.3, 0.4) is 0 Å². The highest BCUT2D eigenvalue weighted by Gasteiger charge is 2.44. The lowest BCUT2D eigenvalue weighted by Crippen LogP contribution is -2.44. The number of amides is 1. The van der Waals surface area contributed by atoms with Gasteiger partial charge in [0.05, 0.1) is 16.1 Å². The molecule has 2 fully saturated rings. The van der Waals surface area contributed by atoms with Crippen molar-refractivity contribution in [2.75, 3.05) is 24.5 Å². The van der Waals surface area contributed by atoms with E-state index in [1.807, 2.05) is 12.1 Å². The van der Waals surface area contributed by atoms with Gasteiger partial charge >= 0.3 is 0 Å². The van der Waals surface area contributed by atoms with Crippen LogP contribution >= 0.6 is 11.6 Å². The highest BCUT2D eigenvalue weighted by molar-refractivity contribution is 6.33. The van der Waals surface area contributed by atoms with Crippen molar-refractivity contribution in [2.45, 2.75) is 19.3 Å². The van der Waals surface area contributed by atoms with Gasteiger partial charge in [0.15, 0.2) is 0 Å². The number of carbonyl (C=O) groups is 1. The highest BCUT2D eigenvalue weighted by Crippen LogP contribution is 2.43. The van der Waals surface area contributed by atoms with Crippen molar-refractivity contribution in [3.8, 4) is 16.9 Å². The zero-order chi connectivity index (χ0) is 17.4. The summed E-state index contributed by atoms with van der Waals surface area (Å²) in [7, 11) is 0. The number of aromatic hydroxyl groups is 1. The number of nitrogens with zero attached hydrogens (tertiary/aromatic N) is 2. The Labute approximate surface area is 151 Å². The van der Waals surface area contributed by atoms with Crippen LogP contribution in [-0.4, -0.2) is 35.6 Å². The molecule has 2 N–H and O–H groups in total. The third-order valence-corrected chi connectivity index (χ3v) is 5.74.